The van der Waals surface area contributed by atoms with Crippen molar-refractivity contribution < 1.29 is 37.1 Å². The van der Waals surface area contributed by atoms with E-state index in [4.69, 9.17) is 9.47 Å². The highest BCUT2D eigenvalue weighted by Crippen LogP contribution is 2.57. The number of hydrogen-bond acceptors (Lipinski definition) is 9. The van der Waals surface area contributed by atoms with Gasteiger partial charge in [-0.15, -0.1) is 6.58 Å². The molecule has 2 aromatic carbocycles. The van der Waals surface area contributed by atoms with Crippen molar-refractivity contribution in [2.45, 2.75) is 94.6 Å². The van der Waals surface area contributed by atoms with Gasteiger partial charge in [0.1, 0.15) is 11.9 Å². The minimum absolute atomic E-state index is 0.0422. The number of Topliss-reactive ketones (excluding diaryl/α,β-unsaturated/α-hetero) is 2. The molecule has 4 bridgehead atoms. The smallest absolute Gasteiger partial charge is 0.306 e. The zero-order chi connectivity index (χ0) is 36.9. The van der Waals surface area contributed by atoms with E-state index < -0.39 is 50.8 Å². The van der Waals surface area contributed by atoms with Gasteiger partial charge in [-0.1, -0.05) is 56.2 Å². The Labute approximate surface area is 305 Å². The molecule has 5 atom stereocenters. The van der Waals surface area contributed by atoms with E-state index in [0.717, 1.165) is 42.0 Å². The van der Waals surface area contributed by atoms with E-state index in [1.807, 2.05) is 19.1 Å². The second kappa shape index (κ2) is 16.1. The van der Waals surface area contributed by atoms with Crippen LogP contribution >= 0.6 is 0 Å². The van der Waals surface area contributed by atoms with Gasteiger partial charge in [-0.25, -0.2) is 13.4 Å². The number of rotatable bonds is 11. The van der Waals surface area contributed by atoms with E-state index in [-0.39, 0.29) is 54.9 Å². The van der Waals surface area contributed by atoms with Crippen LogP contribution < -0.4 is 4.74 Å². The van der Waals surface area contributed by atoms with Gasteiger partial charge in [-0.3, -0.25) is 19.2 Å². The van der Waals surface area contributed by atoms with Gasteiger partial charge < -0.3 is 14.4 Å². The Morgan fingerprint density at radius 2 is 1.88 bits per heavy atom. The summed E-state index contributed by atoms with van der Waals surface area (Å²) >= 11 is 0. The number of pyridine rings is 1. The van der Waals surface area contributed by atoms with Crippen LogP contribution in [0, 0.1) is 17.3 Å². The summed E-state index contributed by atoms with van der Waals surface area (Å²) < 4.78 is 38.5. The normalized spacial score (nSPS) is 25.5. The molecule has 6 rings (SSSR count). The average molecular weight is 729 g/mol. The lowest BCUT2D eigenvalue weighted by Crippen LogP contribution is -2.45. The quantitative estimate of drug-likeness (QED) is 0.166. The molecule has 1 saturated carbocycles. The number of ketones is 2. The van der Waals surface area contributed by atoms with Crippen LogP contribution in [0.5, 0.6) is 5.88 Å². The maximum absolute atomic E-state index is 14.4. The lowest BCUT2D eigenvalue weighted by Gasteiger charge is -2.29. The summed E-state index contributed by atoms with van der Waals surface area (Å²) in [6, 6.07) is 15.0. The minimum Gasteiger partial charge on any atom is -0.472 e. The lowest BCUT2D eigenvalue weighted by molar-refractivity contribution is -0.150. The van der Waals surface area contributed by atoms with Gasteiger partial charge >= 0.3 is 5.97 Å². The molecule has 3 aliphatic rings. The zero-order valence-electron chi connectivity index (χ0n) is 29.8. The molecule has 10 nitrogen and oxygen atoms in total. The molecule has 2 aliphatic heterocycles. The number of nitrogens with zero attached hydrogens (tertiary/aromatic N) is 2. The Balaban J connectivity index is 1.30. The maximum atomic E-state index is 14.4. The third-order valence-electron chi connectivity index (χ3n) is 10.9. The topological polar surface area (TPSA) is 137 Å². The summed E-state index contributed by atoms with van der Waals surface area (Å²) in [6.07, 6.45) is 8.21. The number of fused-ring (bicyclic) bond motifs is 3. The van der Waals surface area contributed by atoms with Crippen LogP contribution in [-0.2, 0) is 40.2 Å². The third-order valence-corrected chi connectivity index (χ3v) is 12.6. The van der Waals surface area contributed by atoms with Crippen LogP contribution in [0.25, 0.3) is 10.8 Å². The first-order chi connectivity index (χ1) is 25.0. The van der Waals surface area contributed by atoms with Gasteiger partial charge in [0.05, 0.1) is 30.5 Å². The van der Waals surface area contributed by atoms with E-state index in [2.05, 4.69) is 23.7 Å². The predicted octanol–water partition coefficient (Wildman–Crippen LogP) is 6.24. The summed E-state index contributed by atoms with van der Waals surface area (Å²) in [5, 5.41) is 1.81. The van der Waals surface area contributed by atoms with Crippen molar-refractivity contribution in [2.75, 3.05) is 18.9 Å². The number of carbonyl (C=O) groups excluding carboxylic acids is 4. The van der Waals surface area contributed by atoms with Gasteiger partial charge in [0.15, 0.2) is 21.4 Å². The molecule has 1 saturated heterocycles. The summed E-state index contributed by atoms with van der Waals surface area (Å²) in [5.41, 5.74) is -0.0939. The Hall–Kier alpha value is -4.38. The Kier molecular flexibility index (Phi) is 11.6. The van der Waals surface area contributed by atoms with Crippen LogP contribution in [0.1, 0.15) is 76.7 Å². The standard InChI is InChI=1S/C41H48N2O8S/c1-3-5-13-30-22-38(46)50-20-11-7-8-12-28-16-17-29-18-19-42-39(34(29)21-28)51-32-23-35(43(26-32)40(30)47)36(44)25-41(24-31(41)4-2)37(45)27-52(48,49)33-14-9-6-10-15-33/h4,6,9-10,14-19,21,30-32,35H,2-3,5,7-8,11-13,20,22-27H2,1H3/t30-,31?,32-,35+,41-/m1/s1. The van der Waals surface area contributed by atoms with E-state index in [0.29, 0.717) is 31.6 Å². The monoisotopic (exact) mass is 728 g/mol. The van der Waals surface area contributed by atoms with Crippen molar-refractivity contribution in [1.82, 2.24) is 9.88 Å². The van der Waals surface area contributed by atoms with Crippen molar-refractivity contribution in [1.29, 1.82) is 0 Å². The number of aromatic nitrogens is 1. The first kappa shape index (κ1) is 37.4. The molecule has 0 spiro atoms. The minimum atomic E-state index is -3.94. The highest BCUT2D eigenvalue weighted by atomic mass is 32.2. The summed E-state index contributed by atoms with van der Waals surface area (Å²) in [4.78, 5) is 61.8. The number of benzene rings is 2. The van der Waals surface area contributed by atoms with Crippen LogP contribution in [0.15, 0.2) is 78.3 Å². The fourth-order valence-corrected chi connectivity index (χ4v) is 9.17. The molecule has 0 N–H and O–H groups in total. The van der Waals surface area contributed by atoms with Crippen molar-refractivity contribution in [3.8, 4) is 5.88 Å². The summed E-state index contributed by atoms with van der Waals surface area (Å²) in [7, 11) is -3.94. The number of unbranched alkanes of at least 4 members (excludes halogenated alkanes) is 1. The van der Waals surface area contributed by atoms with Crippen molar-refractivity contribution in [3.63, 3.8) is 0 Å². The van der Waals surface area contributed by atoms with Gasteiger partial charge in [0.2, 0.25) is 11.8 Å². The number of cyclic esters (lactones) is 1. The van der Waals surface area contributed by atoms with Gasteiger partial charge in [0.25, 0.3) is 0 Å². The highest BCUT2D eigenvalue weighted by molar-refractivity contribution is 7.92. The third kappa shape index (κ3) is 8.30. The Morgan fingerprint density at radius 3 is 2.63 bits per heavy atom. The lowest BCUT2D eigenvalue weighted by atomic mass is 9.88. The first-order valence-electron chi connectivity index (χ1n) is 18.5. The summed E-state index contributed by atoms with van der Waals surface area (Å²) in [6.45, 7) is 6.24. The molecule has 0 radical (unpaired) electrons. The number of allylic oxidation sites excluding steroid dienone is 1. The molecule has 2 fully saturated rings. The number of aryl methyl sites for hydroxylation is 1. The average Bonchev–Trinajstić information content (AvgIpc) is 3.70. The number of amides is 1. The molecular formula is C41H48N2O8S. The van der Waals surface area contributed by atoms with E-state index in [1.54, 1.807) is 30.5 Å². The highest BCUT2D eigenvalue weighted by Gasteiger charge is 2.60. The van der Waals surface area contributed by atoms with Gasteiger partial charge in [-0.2, -0.15) is 0 Å². The summed E-state index contributed by atoms with van der Waals surface area (Å²) in [5.74, 6) is -3.01. The van der Waals surface area contributed by atoms with Crippen molar-refractivity contribution in [3.05, 3.63) is 79.0 Å². The molecule has 1 aliphatic carbocycles. The van der Waals surface area contributed by atoms with Crippen molar-refractivity contribution >= 4 is 44.1 Å². The van der Waals surface area contributed by atoms with Gasteiger partial charge in [0, 0.05) is 35.8 Å². The SMILES string of the molecule is C=CC1C[C@]1(CC(=O)[C@@H]1C[C@@H]2CN1C(=O)[C@H](CCCC)CC(=O)OCCCCCc1ccc3ccnc(c3c1)O2)C(=O)CS(=O)(=O)c1ccccc1. The van der Waals surface area contributed by atoms with Crippen LogP contribution in [0.3, 0.4) is 0 Å². The van der Waals surface area contributed by atoms with E-state index >= 15 is 0 Å². The fraction of sp³-hybridized carbons (Fsp3) is 0.488. The van der Waals surface area contributed by atoms with Crippen LogP contribution in [0.2, 0.25) is 0 Å². The molecule has 52 heavy (non-hydrogen) atoms. The zero-order valence-corrected chi connectivity index (χ0v) is 30.7. The number of ether oxygens (including phenoxy) is 2. The Morgan fingerprint density at radius 1 is 1.08 bits per heavy atom. The largest absolute Gasteiger partial charge is 0.472 e. The second-order valence-corrected chi connectivity index (χ2v) is 16.6. The first-order valence-corrected chi connectivity index (χ1v) is 20.2. The molecule has 11 heteroatoms. The molecule has 1 unspecified atom stereocenters. The van der Waals surface area contributed by atoms with Crippen molar-refractivity contribution in [2.24, 2.45) is 17.3 Å². The molecule has 1 amide bonds. The molecular weight excluding hydrogens is 681 g/mol. The molecule has 1 aromatic heterocycles. The number of sulfone groups is 1. The molecule has 3 heterocycles. The van der Waals surface area contributed by atoms with E-state index in [1.165, 1.54) is 17.0 Å². The fourth-order valence-electron chi connectivity index (χ4n) is 7.80. The number of esters is 1. The number of hydrogen-bond donors (Lipinski definition) is 0. The molecule has 276 valence electrons. The van der Waals surface area contributed by atoms with Gasteiger partial charge in [-0.05, 0) is 79.7 Å². The Bertz CT molecular complexity index is 1930. The number of carbonyl (C=O) groups is 4. The predicted molar refractivity (Wildman–Crippen MR) is 196 cm³/mol. The van der Waals surface area contributed by atoms with Crippen LogP contribution in [-0.4, -0.2) is 72.8 Å². The van der Waals surface area contributed by atoms with E-state index in [9.17, 15) is 27.6 Å². The molecule has 3 aromatic rings. The van der Waals surface area contributed by atoms with Crippen LogP contribution in [0.4, 0.5) is 0 Å². The maximum Gasteiger partial charge on any atom is 0.306 e. The second-order valence-electron chi connectivity index (χ2n) is 14.6.